The van der Waals surface area contributed by atoms with Crippen LogP contribution in [0.1, 0.15) is 17.7 Å². The van der Waals surface area contributed by atoms with Crippen molar-refractivity contribution in [2.24, 2.45) is 4.99 Å². The van der Waals surface area contributed by atoms with E-state index in [0.717, 1.165) is 24.2 Å². The first-order valence-corrected chi connectivity index (χ1v) is 5.37. The number of carbonyl (C=O) groups is 1. The van der Waals surface area contributed by atoms with Gasteiger partial charge in [0.05, 0.1) is 5.69 Å². The van der Waals surface area contributed by atoms with E-state index in [2.05, 4.69) is 9.98 Å². The molecule has 2 heterocycles. The second-order valence-corrected chi connectivity index (χ2v) is 4.10. The number of aliphatic imine (C=N–C) groups is 1. The third-order valence-electron chi connectivity index (χ3n) is 2.72. The van der Waals surface area contributed by atoms with Crippen LogP contribution in [0.15, 0.2) is 23.3 Å². The molecular weight excluding hydrogens is 202 g/mol. The van der Waals surface area contributed by atoms with Crippen LogP contribution in [0.5, 0.6) is 0 Å². The SMILES string of the molecule is Cc1ccnc(C=NC2CCN(C)C2=O)c1. The maximum Gasteiger partial charge on any atom is 0.247 e. The topological polar surface area (TPSA) is 45.6 Å². The van der Waals surface area contributed by atoms with Crippen molar-refractivity contribution in [3.63, 3.8) is 0 Å². The summed E-state index contributed by atoms with van der Waals surface area (Å²) >= 11 is 0. The molecule has 4 nitrogen and oxygen atoms in total. The number of hydrogen-bond acceptors (Lipinski definition) is 3. The molecule has 1 aliphatic rings. The number of amides is 1. The average Bonchev–Trinajstić information content (AvgIpc) is 2.57. The van der Waals surface area contributed by atoms with Crippen LogP contribution >= 0.6 is 0 Å². The van der Waals surface area contributed by atoms with Gasteiger partial charge < -0.3 is 4.90 Å². The first-order chi connectivity index (χ1) is 7.66. The zero-order valence-electron chi connectivity index (χ0n) is 9.55. The monoisotopic (exact) mass is 217 g/mol. The molecule has 16 heavy (non-hydrogen) atoms. The van der Waals surface area contributed by atoms with E-state index in [9.17, 15) is 4.79 Å². The van der Waals surface area contributed by atoms with Gasteiger partial charge in [0.15, 0.2) is 0 Å². The number of hydrogen-bond donors (Lipinski definition) is 0. The van der Waals surface area contributed by atoms with Crippen molar-refractivity contribution in [2.45, 2.75) is 19.4 Å². The molecule has 0 aliphatic carbocycles. The van der Waals surface area contributed by atoms with Crippen molar-refractivity contribution in [3.8, 4) is 0 Å². The standard InChI is InChI=1S/C12H15N3O/c1-9-3-5-13-10(7-9)8-14-11-4-6-15(2)12(11)16/h3,5,7-8,11H,4,6H2,1-2H3. The molecule has 0 bridgehead atoms. The molecule has 0 aromatic carbocycles. The van der Waals surface area contributed by atoms with Gasteiger partial charge in [-0.25, -0.2) is 0 Å². The maximum absolute atomic E-state index is 11.6. The third kappa shape index (κ3) is 2.27. The maximum atomic E-state index is 11.6. The molecule has 1 amide bonds. The van der Waals surface area contributed by atoms with Crippen molar-refractivity contribution < 1.29 is 4.79 Å². The van der Waals surface area contributed by atoms with Crippen LogP contribution in [0.4, 0.5) is 0 Å². The molecule has 4 heteroatoms. The minimum absolute atomic E-state index is 0.101. The second-order valence-electron chi connectivity index (χ2n) is 4.10. The Kier molecular flexibility index (Phi) is 2.99. The fourth-order valence-corrected chi connectivity index (χ4v) is 1.74. The number of likely N-dealkylation sites (tertiary alicyclic amines) is 1. The Hall–Kier alpha value is -1.71. The molecule has 0 spiro atoms. The summed E-state index contributed by atoms with van der Waals surface area (Å²) in [6, 6.07) is 3.67. The van der Waals surface area contributed by atoms with Crippen LogP contribution in [-0.4, -0.2) is 41.6 Å². The fourth-order valence-electron chi connectivity index (χ4n) is 1.74. The van der Waals surface area contributed by atoms with E-state index in [1.54, 1.807) is 17.3 Å². The molecule has 1 fully saturated rings. The number of aryl methyl sites for hydroxylation is 1. The Labute approximate surface area is 95.0 Å². The number of carbonyl (C=O) groups excluding carboxylic acids is 1. The molecule has 0 N–H and O–H groups in total. The Morgan fingerprint density at radius 2 is 2.44 bits per heavy atom. The predicted octanol–water partition coefficient (Wildman–Crippen LogP) is 1.04. The van der Waals surface area contributed by atoms with Crippen LogP contribution in [0.25, 0.3) is 0 Å². The highest BCUT2D eigenvalue weighted by atomic mass is 16.2. The molecule has 1 aliphatic heterocycles. The lowest BCUT2D eigenvalue weighted by Gasteiger charge is -2.06. The molecule has 1 aromatic heterocycles. The Balaban J connectivity index is 2.07. The second kappa shape index (κ2) is 4.43. The summed E-state index contributed by atoms with van der Waals surface area (Å²) in [6.45, 7) is 2.80. The number of likely N-dealkylation sites (N-methyl/N-ethyl adjacent to an activating group) is 1. The van der Waals surface area contributed by atoms with E-state index < -0.39 is 0 Å². The van der Waals surface area contributed by atoms with Gasteiger partial charge in [-0.15, -0.1) is 0 Å². The van der Waals surface area contributed by atoms with Crippen molar-refractivity contribution in [1.29, 1.82) is 0 Å². The molecule has 1 saturated heterocycles. The smallest absolute Gasteiger partial charge is 0.247 e. The van der Waals surface area contributed by atoms with Crippen LogP contribution in [-0.2, 0) is 4.79 Å². The van der Waals surface area contributed by atoms with Crippen molar-refractivity contribution >= 4 is 12.1 Å². The molecule has 1 unspecified atom stereocenters. The van der Waals surface area contributed by atoms with E-state index >= 15 is 0 Å². The van der Waals surface area contributed by atoms with Gasteiger partial charge in [-0.3, -0.25) is 14.8 Å². The Bertz CT molecular complexity index is 428. The van der Waals surface area contributed by atoms with Gasteiger partial charge in [-0.1, -0.05) is 0 Å². The van der Waals surface area contributed by atoms with Crippen molar-refractivity contribution in [3.05, 3.63) is 29.6 Å². The van der Waals surface area contributed by atoms with Gasteiger partial charge in [0.1, 0.15) is 6.04 Å². The minimum Gasteiger partial charge on any atom is -0.344 e. The van der Waals surface area contributed by atoms with Crippen LogP contribution in [0.3, 0.4) is 0 Å². The van der Waals surface area contributed by atoms with Gasteiger partial charge in [-0.2, -0.15) is 0 Å². The highest BCUT2D eigenvalue weighted by molar-refractivity contribution is 5.87. The number of pyridine rings is 1. The summed E-state index contributed by atoms with van der Waals surface area (Å²) in [7, 11) is 1.81. The predicted molar refractivity (Wildman–Crippen MR) is 62.6 cm³/mol. The number of rotatable bonds is 2. The first-order valence-electron chi connectivity index (χ1n) is 5.37. The summed E-state index contributed by atoms with van der Waals surface area (Å²) in [4.78, 5) is 21.8. The van der Waals surface area contributed by atoms with Gasteiger partial charge in [0, 0.05) is 26.0 Å². The molecule has 0 radical (unpaired) electrons. The quantitative estimate of drug-likeness (QED) is 0.695. The number of aromatic nitrogens is 1. The highest BCUT2D eigenvalue weighted by Crippen LogP contribution is 2.12. The average molecular weight is 217 g/mol. The normalized spacial score (nSPS) is 21.0. The Morgan fingerprint density at radius 1 is 1.62 bits per heavy atom. The number of nitrogens with zero attached hydrogens (tertiary/aromatic N) is 3. The molecule has 1 aromatic rings. The van der Waals surface area contributed by atoms with Crippen LogP contribution in [0, 0.1) is 6.92 Å². The molecule has 1 atom stereocenters. The van der Waals surface area contributed by atoms with E-state index in [1.165, 1.54) is 0 Å². The largest absolute Gasteiger partial charge is 0.344 e. The lowest BCUT2D eigenvalue weighted by Crippen LogP contribution is -2.24. The molecular formula is C12H15N3O. The van der Waals surface area contributed by atoms with Gasteiger partial charge in [0.25, 0.3) is 0 Å². The molecule has 84 valence electrons. The zero-order chi connectivity index (χ0) is 11.5. The fraction of sp³-hybridized carbons (Fsp3) is 0.417. The summed E-state index contributed by atoms with van der Waals surface area (Å²) in [5.74, 6) is 0.101. The third-order valence-corrected chi connectivity index (χ3v) is 2.72. The van der Waals surface area contributed by atoms with Crippen molar-refractivity contribution in [2.75, 3.05) is 13.6 Å². The van der Waals surface area contributed by atoms with E-state index in [-0.39, 0.29) is 11.9 Å². The van der Waals surface area contributed by atoms with Crippen LogP contribution in [0.2, 0.25) is 0 Å². The minimum atomic E-state index is -0.215. The van der Waals surface area contributed by atoms with E-state index in [4.69, 9.17) is 0 Å². The Morgan fingerprint density at radius 3 is 3.06 bits per heavy atom. The van der Waals surface area contributed by atoms with Crippen molar-refractivity contribution in [1.82, 2.24) is 9.88 Å². The highest BCUT2D eigenvalue weighted by Gasteiger charge is 2.27. The molecule has 0 saturated carbocycles. The first kappa shape index (κ1) is 10.8. The summed E-state index contributed by atoms with van der Waals surface area (Å²) < 4.78 is 0. The molecule has 2 rings (SSSR count). The zero-order valence-corrected chi connectivity index (χ0v) is 9.55. The van der Waals surface area contributed by atoms with Gasteiger partial charge >= 0.3 is 0 Å². The lowest BCUT2D eigenvalue weighted by atomic mass is 10.2. The van der Waals surface area contributed by atoms with Crippen LogP contribution < -0.4 is 0 Å². The summed E-state index contributed by atoms with van der Waals surface area (Å²) in [5, 5.41) is 0. The summed E-state index contributed by atoms with van der Waals surface area (Å²) in [6.07, 6.45) is 4.24. The van der Waals surface area contributed by atoms with E-state index in [1.807, 2.05) is 26.1 Å². The van der Waals surface area contributed by atoms with Gasteiger partial charge in [0.2, 0.25) is 5.91 Å². The van der Waals surface area contributed by atoms with Gasteiger partial charge in [-0.05, 0) is 31.0 Å². The summed E-state index contributed by atoms with van der Waals surface area (Å²) in [5.41, 5.74) is 1.95. The van der Waals surface area contributed by atoms with E-state index in [0.29, 0.717) is 0 Å². The lowest BCUT2D eigenvalue weighted by molar-refractivity contribution is -0.127.